The van der Waals surface area contributed by atoms with Gasteiger partial charge < -0.3 is 15.2 Å². The molecule has 3 rings (SSSR count). The Kier molecular flexibility index (Phi) is 7.06. The van der Waals surface area contributed by atoms with E-state index in [4.69, 9.17) is 15.2 Å². The number of methoxy groups -OCH3 is 1. The van der Waals surface area contributed by atoms with E-state index < -0.39 is 5.91 Å². The smallest absolute Gasteiger partial charge is 0.282 e. The number of halogens is 1. The zero-order chi connectivity index (χ0) is 22.5. The van der Waals surface area contributed by atoms with Crippen LogP contribution < -0.4 is 20.8 Å². The van der Waals surface area contributed by atoms with Crippen LogP contribution in [0.5, 0.6) is 11.5 Å². The van der Waals surface area contributed by atoms with Gasteiger partial charge in [-0.05, 0) is 36.8 Å². The molecule has 0 aliphatic rings. The largest absolute Gasteiger partial charge is 0.493 e. The van der Waals surface area contributed by atoms with Crippen LogP contribution >= 0.6 is 15.9 Å². The number of hydrogen-bond acceptors (Lipinski definition) is 6. The van der Waals surface area contributed by atoms with Gasteiger partial charge in [0.15, 0.2) is 18.1 Å². The van der Waals surface area contributed by atoms with Gasteiger partial charge in [-0.3, -0.25) is 9.59 Å². The lowest BCUT2D eigenvalue weighted by Gasteiger charge is -2.15. The topological polar surface area (TPSA) is 109 Å². The Hall–Kier alpha value is -3.20. The highest BCUT2D eigenvalue weighted by Gasteiger charge is 2.16. The molecule has 0 saturated heterocycles. The van der Waals surface area contributed by atoms with Gasteiger partial charge in [0, 0.05) is 16.0 Å². The summed E-state index contributed by atoms with van der Waals surface area (Å²) in [6.45, 7) is 3.70. The van der Waals surface area contributed by atoms with Gasteiger partial charge in [-0.1, -0.05) is 35.8 Å². The van der Waals surface area contributed by atoms with E-state index in [1.54, 1.807) is 30.3 Å². The van der Waals surface area contributed by atoms with Crippen LogP contribution in [0.1, 0.15) is 37.6 Å². The molecule has 0 bridgehead atoms. The van der Waals surface area contributed by atoms with Gasteiger partial charge in [-0.25, -0.2) is 4.98 Å². The summed E-state index contributed by atoms with van der Waals surface area (Å²) in [5, 5.41) is 4.89. The molecular weight excluding hydrogens is 464 g/mol. The predicted molar refractivity (Wildman–Crippen MR) is 123 cm³/mol. The first-order valence-electron chi connectivity index (χ1n) is 9.70. The van der Waals surface area contributed by atoms with Crippen molar-refractivity contribution in [2.75, 3.05) is 13.7 Å². The molecule has 9 heteroatoms. The molecule has 0 radical (unpaired) electrons. The van der Waals surface area contributed by atoms with Crippen LogP contribution in [-0.2, 0) is 4.79 Å². The van der Waals surface area contributed by atoms with Crippen molar-refractivity contribution in [1.29, 1.82) is 0 Å². The third kappa shape index (κ3) is 4.93. The number of aromatic nitrogens is 2. The monoisotopic (exact) mass is 486 g/mol. The number of rotatable bonds is 8. The molecule has 2 aromatic carbocycles. The van der Waals surface area contributed by atoms with E-state index in [9.17, 15) is 9.59 Å². The fourth-order valence-corrected chi connectivity index (χ4v) is 3.35. The van der Waals surface area contributed by atoms with Gasteiger partial charge in [0.2, 0.25) is 0 Å². The summed E-state index contributed by atoms with van der Waals surface area (Å²) in [5.74, 6) is 0.672. The van der Waals surface area contributed by atoms with Crippen molar-refractivity contribution in [3.05, 3.63) is 62.6 Å². The number of benzene rings is 2. The second-order valence-corrected chi connectivity index (χ2v) is 7.85. The second-order valence-electron chi connectivity index (χ2n) is 6.94. The third-order valence-corrected chi connectivity index (χ3v) is 5.28. The summed E-state index contributed by atoms with van der Waals surface area (Å²) in [6.07, 6.45) is 2.27. The normalized spacial score (nSPS) is 12.3. The van der Waals surface area contributed by atoms with E-state index in [2.05, 4.69) is 26.0 Å². The van der Waals surface area contributed by atoms with Crippen molar-refractivity contribution in [1.82, 2.24) is 9.66 Å². The Balaban J connectivity index is 2.16. The van der Waals surface area contributed by atoms with Crippen LogP contribution in [-0.4, -0.2) is 35.5 Å². The van der Waals surface area contributed by atoms with Crippen molar-refractivity contribution < 1.29 is 14.3 Å². The number of amides is 1. The Morgan fingerprint density at radius 1 is 1.35 bits per heavy atom. The Morgan fingerprint density at radius 2 is 2.13 bits per heavy atom. The molecule has 1 amide bonds. The number of hydrogen-bond donors (Lipinski definition) is 1. The zero-order valence-corrected chi connectivity index (χ0v) is 19.0. The molecular formula is C22H23BrN4O4. The molecule has 1 heterocycles. The average Bonchev–Trinajstić information content (AvgIpc) is 2.76. The number of nitrogens with zero attached hydrogens (tertiary/aromatic N) is 3. The first-order chi connectivity index (χ1) is 14.8. The maximum atomic E-state index is 13.2. The van der Waals surface area contributed by atoms with E-state index in [-0.39, 0.29) is 18.1 Å². The second kappa shape index (κ2) is 9.74. The van der Waals surface area contributed by atoms with Gasteiger partial charge in [0.1, 0.15) is 5.82 Å². The summed E-state index contributed by atoms with van der Waals surface area (Å²) < 4.78 is 12.9. The molecule has 31 heavy (non-hydrogen) atoms. The predicted octanol–water partition coefficient (Wildman–Crippen LogP) is 3.43. The first-order valence-corrected chi connectivity index (χ1v) is 10.5. The number of para-hydroxylation sites is 1. The fourth-order valence-electron chi connectivity index (χ4n) is 2.99. The van der Waals surface area contributed by atoms with E-state index >= 15 is 0 Å². The number of ether oxygens (including phenoxy) is 2. The van der Waals surface area contributed by atoms with Gasteiger partial charge in [-0.2, -0.15) is 9.78 Å². The summed E-state index contributed by atoms with van der Waals surface area (Å²) in [5.41, 5.74) is 6.06. The lowest BCUT2D eigenvalue weighted by molar-refractivity contribution is -0.119. The Labute approximate surface area is 187 Å². The van der Waals surface area contributed by atoms with E-state index in [0.717, 1.165) is 10.9 Å². The van der Waals surface area contributed by atoms with Crippen LogP contribution in [0.15, 0.2) is 50.8 Å². The quantitative estimate of drug-likeness (QED) is 0.490. The van der Waals surface area contributed by atoms with Gasteiger partial charge in [0.25, 0.3) is 11.5 Å². The molecule has 0 fully saturated rings. The highest BCUT2D eigenvalue weighted by Crippen LogP contribution is 2.30. The Morgan fingerprint density at radius 3 is 2.81 bits per heavy atom. The van der Waals surface area contributed by atoms with Crippen molar-refractivity contribution in [2.45, 2.75) is 26.2 Å². The molecule has 0 saturated carbocycles. The molecule has 0 unspecified atom stereocenters. The third-order valence-electron chi connectivity index (χ3n) is 4.79. The number of carbonyl (C=O) groups excluding carboxylic acids is 1. The van der Waals surface area contributed by atoms with E-state index in [0.29, 0.717) is 33.8 Å². The zero-order valence-electron chi connectivity index (χ0n) is 17.5. The number of nitrogens with two attached hydrogens (primary N) is 1. The minimum atomic E-state index is -0.617. The van der Waals surface area contributed by atoms with Gasteiger partial charge in [-0.15, -0.1) is 0 Å². The fraction of sp³-hybridized carbons (Fsp3) is 0.273. The maximum absolute atomic E-state index is 13.2. The summed E-state index contributed by atoms with van der Waals surface area (Å²) in [6, 6.07) is 10.6. The van der Waals surface area contributed by atoms with Crippen LogP contribution in [0.4, 0.5) is 0 Å². The Bertz CT molecular complexity index is 1210. The molecule has 0 spiro atoms. The molecule has 0 aliphatic carbocycles. The maximum Gasteiger partial charge on any atom is 0.282 e. The molecule has 0 aliphatic heterocycles. The van der Waals surface area contributed by atoms with Crippen LogP contribution in [0.3, 0.4) is 0 Å². The number of fused-ring (bicyclic) bond motifs is 1. The lowest BCUT2D eigenvalue weighted by atomic mass is 10.1. The molecule has 3 aromatic rings. The molecule has 1 aromatic heterocycles. The highest BCUT2D eigenvalue weighted by molar-refractivity contribution is 9.10. The number of primary amides is 1. The van der Waals surface area contributed by atoms with Gasteiger partial charge in [0.05, 0.1) is 24.2 Å². The summed E-state index contributed by atoms with van der Waals surface area (Å²) in [7, 11) is 1.49. The SMILES string of the molecule is CC[C@H](C)c1nc2ccc(Br)cc2c(=O)n1N=Cc1cccc(OC)c1OCC(N)=O. The van der Waals surface area contributed by atoms with Crippen molar-refractivity contribution >= 4 is 39.0 Å². The molecule has 2 N–H and O–H groups in total. The number of carbonyl (C=O) groups is 1. The van der Waals surface area contributed by atoms with Crippen LogP contribution in [0.2, 0.25) is 0 Å². The van der Waals surface area contributed by atoms with Crippen LogP contribution in [0, 0.1) is 0 Å². The van der Waals surface area contributed by atoms with Gasteiger partial charge >= 0.3 is 0 Å². The van der Waals surface area contributed by atoms with Crippen molar-refractivity contribution in [3.63, 3.8) is 0 Å². The summed E-state index contributed by atoms with van der Waals surface area (Å²) in [4.78, 5) is 29.1. The minimum Gasteiger partial charge on any atom is -0.493 e. The molecule has 1 atom stereocenters. The van der Waals surface area contributed by atoms with Crippen molar-refractivity contribution in [2.24, 2.45) is 10.8 Å². The average molecular weight is 487 g/mol. The van der Waals surface area contributed by atoms with Crippen LogP contribution in [0.25, 0.3) is 10.9 Å². The van der Waals surface area contributed by atoms with Crippen molar-refractivity contribution in [3.8, 4) is 11.5 Å². The lowest BCUT2D eigenvalue weighted by Crippen LogP contribution is -2.24. The molecule has 8 nitrogen and oxygen atoms in total. The van der Waals surface area contributed by atoms with E-state index in [1.807, 2.05) is 19.9 Å². The standard InChI is InChI=1S/C22H23BrN4O4/c1-4-13(2)21-26-17-9-8-15(23)10-16(17)22(29)27(21)25-11-14-6-5-7-18(30-3)20(14)31-12-19(24)28/h5-11,13H,4,12H2,1-3H3,(H2,24,28)/t13-/m0/s1. The highest BCUT2D eigenvalue weighted by atomic mass is 79.9. The summed E-state index contributed by atoms with van der Waals surface area (Å²) >= 11 is 3.40. The molecule has 162 valence electrons. The minimum absolute atomic E-state index is 0.00814. The first kappa shape index (κ1) is 22.5. The van der Waals surface area contributed by atoms with E-state index in [1.165, 1.54) is 18.0 Å².